The Morgan fingerprint density at radius 3 is 1.19 bits per heavy atom. The van der Waals surface area contributed by atoms with E-state index in [1.54, 1.807) is 0 Å². The van der Waals surface area contributed by atoms with Crippen LogP contribution in [0, 0.1) is 38.5 Å². The molecule has 0 radical (unpaired) electrons. The van der Waals surface area contributed by atoms with Crippen LogP contribution in [0.3, 0.4) is 0 Å². The number of allylic oxidation sites excluding steroid dienone is 2. The van der Waals surface area contributed by atoms with E-state index < -0.39 is 21.3 Å². The normalized spacial score (nSPS) is 18.7. The van der Waals surface area contributed by atoms with Crippen molar-refractivity contribution >= 4 is 35.3 Å². The van der Waals surface area contributed by atoms with Crippen molar-refractivity contribution in [3.05, 3.63) is 128 Å². The van der Waals surface area contributed by atoms with Crippen molar-refractivity contribution in [3.63, 3.8) is 0 Å². The molecule has 2 unspecified atom stereocenters. The van der Waals surface area contributed by atoms with Gasteiger partial charge in [0.15, 0.2) is 0 Å². The van der Waals surface area contributed by atoms with Gasteiger partial charge in [-0.2, -0.15) is 0 Å². The summed E-state index contributed by atoms with van der Waals surface area (Å²) in [6.45, 7) is 28.1. The van der Waals surface area contributed by atoms with Crippen LogP contribution in [0.5, 0.6) is 0 Å². The van der Waals surface area contributed by atoms with E-state index in [2.05, 4.69) is 167 Å². The third-order valence-electron chi connectivity index (χ3n) is 11.9. The van der Waals surface area contributed by atoms with Gasteiger partial charge in [0.25, 0.3) is 0 Å². The van der Waals surface area contributed by atoms with Crippen molar-refractivity contribution in [2.24, 2.45) is 10.8 Å². The van der Waals surface area contributed by atoms with Crippen LogP contribution in [0.2, 0.25) is 13.1 Å². The van der Waals surface area contributed by atoms with Gasteiger partial charge in [-0.1, -0.05) is 0 Å². The quantitative estimate of drug-likeness (QED) is 0.175. The maximum absolute atomic E-state index is 8.87. The van der Waals surface area contributed by atoms with Crippen molar-refractivity contribution in [1.82, 2.24) is 0 Å². The van der Waals surface area contributed by atoms with Gasteiger partial charge in [-0.15, -0.1) is 0 Å². The molecule has 4 heteroatoms. The molecule has 251 valence electrons. The van der Waals surface area contributed by atoms with E-state index in [4.69, 9.17) is 17.2 Å². The Morgan fingerprint density at radius 2 is 0.854 bits per heavy atom. The fourth-order valence-corrected chi connectivity index (χ4v) is 53.2. The van der Waals surface area contributed by atoms with Crippen LogP contribution in [0.1, 0.15) is 93.4 Å². The molecule has 0 bridgehead atoms. The van der Waals surface area contributed by atoms with Crippen LogP contribution in [-0.4, -0.2) is 5.98 Å². The van der Waals surface area contributed by atoms with Gasteiger partial charge in [-0.25, -0.2) is 0 Å². The first kappa shape index (κ1) is 35.8. The summed E-state index contributed by atoms with van der Waals surface area (Å²) < 4.78 is 0.0891. The molecule has 2 aliphatic carbocycles. The van der Waals surface area contributed by atoms with Crippen molar-refractivity contribution in [2.45, 2.75) is 89.7 Å². The van der Waals surface area contributed by atoms with Crippen LogP contribution in [0.25, 0.3) is 34.4 Å². The van der Waals surface area contributed by atoms with Crippen molar-refractivity contribution < 1.29 is 15.3 Å². The molecule has 0 aromatic heterocycles. The SMILES string of the molecule is Cc1cccc(-c2cccc3c2C=C(C(C)(C)C)[CH]3[Hf]([Cl])([Cl])([CH]2C(C(C)(C)C)=Cc3c(-c4cccc(C)c4C)cccc32)[SiH](C)C)c1C. The van der Waals surface area contributed by atoms with Crippen LogP contribution in [0.15, 0.2) is 83.9 Å². The molecular formula is C44H53Cl2HfSi. The van der Waals surface area contributed by atoms with E-state index in [1.165, 1.54) is 77.9 Å². The molecule has 0 aliphatic heterocycles. The van der Waals surface area contributed by atoms with E-state index in [0.717, 1.165) is 0 Å². The fourth-order valence-electron chi connectivity index (χ4n) is 8.68. The first-order valence-corrected chi connectivity index (χ1v) is 39.8. The standard InChI is InChI=1S/2C21H23.C2H7Si.2ClH.Hf/c2*1-14-8-6-10-18(15(14)2)19-11-7-9-16-12-17(13-20(16)19)21(3,4)5;1-3-2;;;/h2*6-13H,1-5H3;3H,1-2H3;2*1H;/q;;;;;+2/p-2. The van der Waals surface area contributed by atoms with Crippen molar-refractivity contribution in [2.75, 3.05) is 0 Å². The predicted molar refractivity (Wildman–Crippen MR) is 214 cm³/mol. The summed E-state index contributed by atoms with van der Waals surface area (Å²) in [5, 5.41) is 0. The third-order valence-corrected chi connectivity index (χ3v) is 84.3. The Bertz CT molecular complexity index is 1880. The number of rotatable bonds is 5. The van der Waals surface area contributed by atoms with Gasteiger partial charge in [-0.05, 0) is 0 Å². The Morgan fingerprint density at radius 1 is 0.521 bits per heavy atom. The number of hydrogen-bond donors (Lipinski definition) is 0. The molecule has 2 atom stereocenters. The molecule has 0 saturated carbocycles. The molecule has 0 amide bonds. The molecule has 4 aromatic rings. The molecule has 0 N–H and O–H groups in total. The first-order valence-electron chi connectivity index (χ1n) is 17.7. The minimum atomic E-state index is -5.17. The summed E-state index contributed by atoms with van der Waals surface area (Å²) in [6, 6.07) is 27.2. The number of halogens is 2. The second-order valence-corrected chi connectivity index (χ2v) is 76.3. The Balaban J connectivity index is 1.68. The van der Waals surface area contributed by atoms with Gasteiger partial charge in [0.1, 0.15) is 0 Å². The topological polar surface area (TPSA) is 0 Å². The zero-order valence-electron chi connectivity index (χ0n) is 31.1. The molecule has 4 aromatic carbocycles. The second-order valence-electron chi connectivity index (χ2n) is 17.1. The van der Waals surface area contributed by atoms with Gasteiger partial charge >= 0.3 is 302 Å². The minimum absolute atomic E-state index is 0.0446. The van der Waals surface area contributed by atoms with Crippen LogP contribution >= 0.6 is 17.2 Å². The molecule has 0 heterocycles. The molecular weight excluding hydrogens is 806 g/mol. The van der Waals surface area contributed by atoms with E-state index in [1.807, 2.05) is 0 Å². The summed E-state index contributed by atoms with van der Waals surface area (Å²) in [5.74, 6) is -1.71. The predicted octanol–water partition coefficient (Wildman–Crippen LogP) is 13.9. The summed E-state index contributed by atoms with van der Waals surface area (Å²) in [6.07, 6.45) is 5.02. The van der Waals surface area contributed by atoms with Gasteiger partial charge in [-0.3, -0.25) is 0 Å². The molecule has 0 nitrogen and oxygen atoms in total. The molecule has 48 heavy (non-hydrogen) atoms. The summed E-state index contributed by atoms with van der Waals surface area (Å²) >= 11 is -5.17. The molecule has 0 saturated heterocycles. The van der Waals surface area contributed by atoms with E-state index in [0.29, 0.717) is 0 Å². The zero-order chi connectivity index (χ0) is 35.2. The summed E-state index contributed by atoms with van der Waals surface area (Å²) in [7, 11) is 17.7. The summed E-state index contributed by atoms with van der Waals surface area (Å²) in [4.78, 5) is 0. The van der Waals surface area contributed by atoms with Crippen LogP contribution in [0.4, 0.5) is 0 Å². The average Bonchev–Trinajstić information content (AvgIpc) is 3.61. The third kappa shape index (κ3) is 5.47. The Kier molecular flexibility index (Phi) is 9.01. The van der Waals surface area contributed by atoms with Crippen molar-refractivity contribution in [1.29, 1.82) is 0 Å². The van der Waals surface area contributed by atoms with E-state index >= 15 is 0 Å². The molecule has 0 spiro atoms. The Labute approximate surface area is 299 Å². The number of benzene rings is 4. The Hall–Kier alpha value is -1.97. The van der Waals surface area contributed by atoms with Crippen LogP contribution < -0.4 is 0 Å². The summed E-state index contributed by atoms with van der Waals surface area (Å²) in [5.41, 5.74) is 18.5. The van der Waals surface area contributed by atoms with Crippen molar-refractivity contribution in [3.8, 4) is 22.3 Å². The van der Waals surface area contributed by atoms with Gasteiger partial charge in [0, 0.05) is 0 Å². The first-order chi connectivity index (χ1) is 22.3. The monoisotopic (exact) mass is 859 g/mol. The average molecular weight is 859 g/mol. The van der Waals surface area contributed by atoms with Crippen LogP contribution in [-0.2, 0) is 15.3 Å². The van der Waals surface area contributed by atoms with Gasteiger partial charge in [0.2, 0.25) is 0 Å². The maximum atomic E-state index is 8.87. The molecule has 0 fully saturated rings. The zero-order valence-corrected chi connectivity index (χ0v) is 37.3. The van der Waals surface area contributed by atoms with E-state index in [9.17, 15) is 0 Å². The molecule has 6 rings (SSSR count). The molecule has 2 aliphatic rings. The van der Waals surface area contributed by atoms with Gasteiger partial charge in [0.05, 0.1) is 0 Å². The van der Waals surface area contributed by atoms with Gasteiger partial charge < -0.3 is 0 Å². The fraction of sp³-hybridized carbons (Fsp3) is 0.364. The number of hydrogen-bond acceptors (Lipinski definition) is 0. The number of aryl methyl sites for hydroxylation is 2. The second kappa shape index (κ2) is 12.1. The number of fused-ring (bicyclic) bond motifs is 2. The van der Waals surface area contributed by atoms with E-state index in [-0.39, 0.29) is 18.2 Å².